The lowest BCUT2D eigenvalue weighted by molar-refractivity contribution is 0.290. The summed E-state index contributed by atoms with van der Waals surface area (Å²) >= 11 is 6.72. The van der Waals surface area contributed by atoms with Crippen LogP contribution >= 0.6 is 39.0 Å². The van der Waals surface area contributed by atoms with Crippen LogP contribution in [-0.2, 0) is 19.4 Å². The Bertz CT molecular complexity index is 1090. The van der Waals surface area contributed by atoms with Gasteiger partial charge in [-0.1, -0.05) is 57.5 Å². The maximum absolute atomic E-state index is 5.80. The van der Waals surface area contributed by atoms with E-state index in [0.717, 1.165) is 43.2 Å². The van der Waals surface area contributed by atoms with Crippen molar-refractivity contribution in [2.45, 2.75) is 24.4 Å². The maximum atomic E-state index is 5.80. The van der Waals surface area contributed by atoms with Gasteiger partial charge in [0.25, 0.3) is 0 Å². The molecule has 5 nitrogen and oxygen atoms in total. The first-order valence-corrected chi connectivity index (χ1v) is 11.7. The Morgan fingerprint density at radius 1 is 1.07 bits per heavy atom. The van der Waals surface area contributed by atoms with E-state index in [2.05, 4.69) is 62.7 Å². The van der Waals surface area contributed by atoms with Crippen LogP contribution in [0.15, 0.2) is 63.5 Å². The molecule has 0 radical (unpaired) electrons. The number of thioether (sulfide) groups is 1. The zero-order valence-corrected chi connectivity index (χ0v) is 19.2. The molecule has 0 unspecified atom stereocenters. The Labute approximate surface area is 186 Å². The molecule has 4 rings (SSSR count). The monoisotopic (exact) mass is 486 g/mol. The van der Waals surface area contributed by atoms with Crippen molar-refractivity contribution < 1.29 is 4.74 Å². The number of thiazole rings is 1. The van der Waals surface area contributed by atoms with E-state index in [0.29, 0.717) is 6.61 Å². The number of ether oxygens (including phenoxy) is 1. The number of rotatable bonds is 7. The van der Waals surface area contributed by atoms with E-state index in [1.807, 2.05) is 35.9 Å². The lowest BCUT2D eigenvalue weighted by atomic mass is 10.2. The van der Waals surface area contributed by atoms with Crippen molar-refractivity contribution in [3.05, 3.63) is 75.5 Å². The molecule has 0 spiro atoms. The average Bonchev–Trinajstić information content (AvgIpc) is 3.33. The van der Waals surface area contributed by atoms with Gasteiger partial charge in [-0.25, -0.2) is 4.98 Å². The van der Waals surface area contributed by atoms with Crippen molar-refractivity contribution in [3.8, 4) is 16.3 Å². The summed E-state index contributed by atoms with van der Waals surface area (Å²) in [6.45, 7) is 2.47. The summed E-state index contributed by atoms with van der Waals surface area (Å²) in [6.07, 6.45) is 0. The highest BCUT2D eigenvalue weighted by atomic mass is 79.9. The number of benzene rings is 2. The van der Waals surface area contributed by atoms with Gasteiger partial charge in [-0.2, -0.15) is 0 Å². The molecule has 4 aromatic rings. The molecule has 2 aromatic carbocycles. The predicted octanol–water partition coefficient (Wildman–Crippen LogP) is 5.88. The summed E-state index contributed by atoms with van der Waals surface area (Å²) in [6, 6.07) is 16.2. The van der Waals surface area contributed by atoms with Crippen LogP contribution in [0.3, 0.4) is 0 Å². The number of aromatic nitrogens is 4. The molecule has 0 bridgehead atoms. The molecule has 0 aliphatic heterocycles. The topological polar surface area (TPSA) is 52.8 Å². The maximum Gasteiger partial charge on any atom is 0.191 e. The highest BCUT2D eigenvalue weighted by Gasteiger charge is 2.12. The van der Waals surface area contributed by atoms with E-state index in [1.165, 1.54) is 5.56 Å². The largest absolute Gasteiger partial charge is 0.486 e. The minimum Gasteiger partial charge on any atom is -0.486 e. The Balaban J connectivity index is 1.35. The number of nitrogens with zero attached hydrogens (tertiary/aromatic N) is 4. The molecule has 2 heterocycles. The molecule has 0 fully saturated rings. The molecule has 0 saturated carbocycles. The minimum atomic E-state index is 0.375. The SMILES string of the molecule is Cc1ccc(-c2nc(CSc3nnc(COc4ccc(Br)cc4)n3C)cs2)cc1. The molecule has 0 aliphatic rings. The molecular formula is C21H19BrN4OS2. The fourth-order valence-corrected chi connectivity index (χ4v) is 4.63. The molecule has 0 amide bonds. The molecule has 2 aromatic heterocycles. The van der Waals surface area contributed by atoms with Crippen LogP contribution < -0.4 is 4.74 Å². The molecule has 0 aliphatic carbocycles. The highest BCUT2D eigenvalue weighted by Crippen LogP contribution is 2.28. The van der Waals surface area contributed by atoms with Crippen LogP contribution in [0, 0.1) is 6.92 Å². The first-order chi connectivity index (χ1) is 14.1. The van der Waals surface area contributed by atoms with E-state index in [4.69, 9.17) is 9.72 Å². The van der Waals surface area contributed by atoms with Crippen LogP contribution in [-0.4, -0.2) is 19.7 Å². The van der Waals surface area contributed by atoms with Gasteiger partial charge in [-0.05, 0) is 31.2 Å². The summed E-state index contributed by atoms with van der Waals surface area (Å²) in [5.74, 6) is 2.34. The molecule has 0 N–H and O–H groups in total. The van der Waals surface area contributed by atoms with Crippen LogP contribution in [0.5, 0.6) is 5.75 Å². The van der Waals surface area contributed by atoms with Crippen LogP contribution in [0.4, 0.5) is 0 Å². The fraction of sp³-hybridized carbons (Fsp3) is 0.190. The number of halogens is 1. The predicted molar refractivity (Wildman–Crippen MR) is 121 cm³/mol. The Morgan fingerprint density at radius 3 is 2.59 bits per heavy atom. The van der Waals surface area contributed by atoms with E-state index >= 15 is 0 Å². The third kappa shape index (κ3) is 5.07. The summed E-state index contributed by atoms with van der Waals surface area (Å²) in [4.78, 5) is 4.76. The van der Waals surface area contributed by atoms with Crippen molar-refractivity contribution in [2.75, 3.05) is 0 Å². The third-order valence-electron chi connectivity index (χ3n) is 4.31. The second-order valence-corrected chi connectivity index (χ2v) is 9.22. The van der Waals surface area contributed by atoms with Gasteiger partial charge in [-0.15, -0.1) is 21.5 Å². The number of aryl methyl sites for hydroxylation is 1. The van der Waals surface area contributed by atoms with E-state index in [-0.39, 0.29) is 0 Å². The quantitative estimate of drug-likeness (QED) is 0.305. The van der Waals surface area contributed by atoms with Gasteiger partial charge in [0.2, 0.25) is 0 Å². The van der Waals surface area contributed by atoms with Crippen molar-refractivity contribution in [1.29, 1.82) is 0 Å². The molecule has 29 heavy (non-hydrogen) atoms. The zero-order valence-electron chi connectivity index (χ0n) is 16.0. The fourth-order valence-electron chi connectivity index (χ4n) is 2.62. The highest BCUT2D eigenvalue weighted by molar-refractivity contribution is 9.10. The van der Waals surface area contributed by atoms with Crippen LogP contribution in [0.25, 0.3) is 10.6 Å². The normalized spacial score (nSPS) is 11.0. The molecule has 0 saturated heterocycles. The second kappa shape index (κ2) is 9.11. The van der Waals surface area contributed by atoms with Crippen LogP contribution in [0.1, 0.15) is 17.1 Å². The zero-order chi connectivity index (χ0) is 20.2. The Hall–Kier alpha value is -2.16. The smallest absolute Gasteiger partial charge is 0.191 e. The van der Waals surface area contributed by atoms with Crippen molar-refractivity contribution >= 4 is 39.0 Å². The first kappa shape index (κ1) is 20.1. The lowest BCUT2D eigenvalue weighted by Gasteiger charge is -2.06. The van der Waals surface area contributed by atoms with Gasteiger partial charge >= 0.3 is 0 Å². The van der Waals surface area contributed by atoms with Gasteiger partial charge in [0.05, 0.1) is 5.69 Å². The summed E-state index contributed by atoms with van der Waals surface area (Å²) in [5.41, 5.74) is 3.46. The van der Waals surface area contributed by atoms with Crippen LogP contribution in [0.2, 0.25) is 0 Å². The standard InChI is InChI=1S/C21H19BrN4OS2/c1-14-3-5-15(6-4-14)20-23-17(12-28-20)13-29-21-25-24-19(26(21)2)11-27-18-9-7-16(22)8-10-18/h3-10,12H,11,13H2,1-2H3. The van der Waals surface area contributed by atoms with E-state index in [9.17, 15) is 0 Å². The van der Waals surface area contributed by atoms with Gasteiger partial charge in [0.1, 0.15) is 17.4 Å². The van der Waals surface area contributed by atoms with E-state index < -0.39 is 0 Å². The molecule has 0 atom stereocenters. The lowest BCUT2D eigenvalue weighted by Crippen LogP contribution is -2.04. The summed E-state index contributed by atoms with van der Waals surface area (Å²) < 4.78 is 8.79. The van der Waals surface area contributed by atoms with Crippen molar-refractivity contribution in [2.24, 2.45) is 7.05 Å². The van der Waals surface area contributed by atoms with Gasteiger partial charge in [0, 0.05) is 28.2 Å². The summed E-state index contributed by atoms with van der Waals surface area (Å²) in [5, 5.41) is 12.6. The molecule has 148 valence electrons. The summed E-state index contributed by atoms with van der Waals surface area (Å²) in [7, 11) is 1.96. The van der Waals surface area contributed by atoms with Gasteiger partial charge < -0.3 is 9.30 Å². The Morgan fingerprint density at radius 2 is 1.83 bits per heavy atom. The van der Waals surface area contributed by atoms with Crippen molar-refractivity contribution in [1.82, 2.24) is 19.7 Å². The number of hydrogen-bond acceptors (Lipinski definition) is 6. The number of hydrogen-bond donors (Lipinski definition) is 0. The Kier molecular flexibility index (Phi) is 6.32. The van der Waals surface area contributed by atoms with Gasteiger partial charge in [-0.3, -0.25) is 0 Å². The minimum absolute atomic E-state index is 0.375. The average molecular weight is 487 g/mol. The van der Waals surface area contributed by atoms with Gasteiger partial charge in [0.15, 0.2) is 11.0 Å². The third-order valence-corrected chi connectivity index (χ3v) is 6.83. The second-order valence-electron chi connectivity index (χ2n) is 6.50. The molecular weight excluding hydrogens is 468 g/mol. The van der Waals surface area contributed by atoms with Crippen molar-refractivity contribution in [3.63, 3.8) is 0 Å². The van der Waals surface area contributed by atoms with E-state index in [1.54, 1.807) is 23.1 Å². The first-order valence-electron chi connectivity index (χ1n) is 8.99. The molecule has 8 heteroatoms.